The SMILES string of the molecule is N#CO.N#CO.c1ccc(-c2ccccc2)cc1. The Hall–Kier alpha value is -2.98. The Kier molecular flexibility index (Phi) is 8.79. The zero-order chi connectivity index (χ0) is 13.6. The van der Waals surface area contributed by atoms with E-state index in [-0.39, 0.29) is 0 Å². The molecule has 0 bridgehead atoms. The molecular weight excluding hydrogens is 228 g/mol. The number of aliphatic hydroxyl groups excluding tert-OH is 2. The van der Waals surface area contributed by atoms with E-state index in [1.807, 2.05) is 12.1 Å². The maximum Gasteiger partial charge on any atom is 0.283 e. The summed E-state index contributed by atoms with van der Waals surface area (Å²) in [5.74, 6) is 0. The van der Waals surface area contributed by atoms with Gasteiger partial charge in [0.05, 0.1) is 0 Å². The van der Waals surface area contributed by atoms with Gasteiger partial charge in [-0.15, -0.1) is 0 Å². The van der Waals surface area contributed by atoms with E-state index in [9.17, 15) is 0 Å². The van der Waals surface area contributed by atoms with Crippen LogP contribution in [0.25, 0.3) is 11.1 Å². The lowest BCUT2D eigenvalue weighted by atomic mass is 10.1. The molecule has 0 radical (unpaired) electrons. The van der Waals surface area contributed by atoms with Crippen LogP contribution in [0, 0.1) is 23.0 Å². The molecule has 0 amide bonds. The lowest BCUT2D eigenvalue weighted by Crippen LogP contribution is -1.73. The average molecular weight is 240 g/mol. The number of hydrogen-bond donors (Lipinski definition) is 2. The minimum atomic E-state index is 0.750. The maximum absolute atomic E-state index is 6.88. The smallest absolute Gasteiger partial charge is 0.283 e. The van der Waals surface area contributed by atoms with Crippen LogP contribution in [0.15, 0.2) is 60.7 Å². The van der Waals surface area contributed by atoms with Crippen LogP contribution in [-0.2, 0) is 0 Å². The van der Waals surface area contributed by atoms with Crippen LogP contribution in [0.5, 0.6) is 0 Å². The Bertz CT molecular complexity index is 449. The largest absolute Gasteiger partial charge is 0.443 e. The predicted molar refractivity (Wildman–Crippen MR) is 67.0 cm³/mol. The van der Waals surface area contributed by atoms with Crippen LogP contribution in [0.3, 0.4) is 0 Å². The van der Waals surface area contributed by atoms with Gasteiger partial charge in [-0.2, -0.15) is 10.5 Å². The lowest BCUT2D eigenvalue weighted by molar-refractivity contribution is 0.502. The van der Waals surface area contributed by atoms with Gasteiger partial charge >= 0.3 is 0 Å². The summed E-state index contributed by atoms with van der Waals surface area (Å²) in [5.41, 5.74) is 2.55. The Morgan fingerprint density at radius 1 is 0.611 bits per heavy atom. The van der Waals surface area contributed by atoms with Gasteiger partial charge in [-0.05, 0) is 11.1 Å². The van der Waals surface area contributed by atoms with Crippen molar-refractivity contribution >= 4 is 0 Å². The Labute approximate surface area is 106 Å². The first-order valence-corrected chi connectivity index (χ1v) is 4.97. The number of aliphatic hydroxyl groups is 2. The molecule has 2 aromatic rings. The molecule has 0 atom stereocenters. The van der Waals surface area contributed by atoms with E-state index < -0.39 is 0 Å². The summed E-state index contributed by atoms with van der Waals surface area (Å²) in [6.45, 7) is 0. The number of benzene rings is 2. The van der Waals surface area contributed by atoms with E-state index in [0.29, 0.717) is 0 Å². The van der Waals surface area contributed by atoms with Crippen LogP contribution in [0.4, 0.5) is 0 Å². The van der Waals surface area contributed by atoms with Gasteiger partial charge in [-0.25, -0.2) is 0 Å². The molecule has 4 heteroatoms. The summed E-state index contributed by atoms with van der Waals surface area (Å²) in [7, 11) is 0. The zero-order valence-electron chi connectivity index (χ0n) is 9.56. The van der Waals surface area contributed by atoms with Gasteiger partial charge in [-0.3, -0.25) is 0 Å². The second-order valence-electron chi connectivity index (χ2n) is 2.93. The van der Waals surface area contributed by atoms with Crippen LogP contribution in [0.1, 0.15) is 0 Å². The highest BCUT2D eigenvalue weighted by atomic mass is 16.2. The predicted octanol–water partition coefficient (Wildman–Crippen LogP) is 3.03. The molecule has 90 valence electrons. The first-order valence-electron chi connectivity index (χ1n) is 4.97. The van der Waals surface area contributed by atoms with Gasteiger partial charge in [0.2, 0.25) is 0 Å². The number of rotatable bonds is 1. The Balaban J connectivity index is 0.000000414. The van der Waals surface area contributed by atoms with Crippen molar-refractivity contribution < 1.29 is 10.2 Å². The number of hydrogen-bond acceptors (Lipinski definition) is 4. The molecule has 0 aliphatic heterocycles. The van der Waals surface area contributed by atoms with E-state index in [2.05, 4.69) is 48.5 Å². The summed E-state index contributed by atoms with van der Waals surface area (Å²) in [6, 6.07) is 20.8. The van der Waals surface area contributed by atoms with Crippen LogP contribution in [-0.4, -0.2) is 10.2 Å². The van der Waals surface area contributed by atoms with Crippen LogP contribution < -0.4 is 0 Å². The molecule has 2 N–H and O–H groups in total. The van der Waals surface area contributed by atoms with E-state index >= 15 is 0 Å². The minimum absolute atomic E-state index is 0.750. The molecule has 0 fully saturated rings. The second-order valence-corrected chi connectivity index (χ2v) is 2.93. The van der Waals surface area contributed by atoms with Crippen molar-refractivity contribution in [1.29, 1.82) is 10.5 Å². The highest BCUT2D eigenvalue weighted by molar-refractivity contribution is 5.62. The van der Waals surface area contributed by atoms with Gasteiger partial charge in [0.25, 0.3) is 12.5 Å². The molecular formula is C14H12N2O2. The molecule has 0 aromatic heterocycles. The van der Waals surface area contributed by atoms with Crippen molar-refractivity contribution in [1.82, 2.24) is 0 Å². The molecule has 0 saturated heterocycles. The van der Waals surface area contributed by atoms with Crippen LogP contribution in [0.2, 0.25) is 0 Å². The van der Waals surface area contributed by atoms with Crippen molar-refractivity contribution in [2.75, 3.05) is 0 Å². The quantitative estimate of drug-likeness (QED) is 0.750. The highest BCUT2D eigenvalue weighted by Gasteiger charge is 1.91. The molecule has 0 aliphatic carbocycles. The third kappa shape index (κ3) is 6.49. The maximum atomic E-state index is 6.88. The second kappa shape index (κ2) is 10.5. The summed E-state index contributed by atoms with van der Waals surface area (Å²) >= 11 is 0. The fourth-order valence-electron chi connectivity index (χ4n) is 1.26. The van der Waals surface area contributed by atoms with Crippen molar-refractivity contribution in [3.05, 3.63) is 60.7 Å². The van der Waals surface area contributed by atoms with E-state index in [0.717, 1.165) is 12.5 Å². The van der Waals surface area contributed by atoms with Gasteiger partial charge in [0, 0.05) is 0 Å². The first-order chi connectivity index (χ1) is 8.79. The van der Waals surface area contributed by atoms with E-state index in [4.69, 9.17) is 20.7 Å². The molecule has 0 spiro atoms. The Morgan fingerprint density at radius 3 is 1.06 bits per heavy atom. The number of nitrogens with zero attached hydrogens (tertiary/aromatic N) is 2. The van der Waals surface area contributed by atoms with Crippen molar-refractivity contribution in [3.63, 3.8) is 0 Å². The Morgan fingerprint density at radius 2 is 0.833 bits per heavy atom. The molecule has 2 rings (SSSR count). The number of nitriles is 2. The molecule has 4 nitrogen and oxygen atoms in total. The van der Waals surface area contributed by atoms with Gasteiger partial charge in [0.1, 0.15) is 0 Å². The molecule has 0 unspecified atom stereocenters. The van der Waals surface area contributed by atoms with Crippen molar-refractivity contribution in [3.8, 4) is 23.6 Å². The molecule has 0 aliphatic rings. The van der Waals surface area contributed by atoms with Gasteiger partial charge in [-0.1, -0.05) is 60.7 Å². The monoisotopic (exact) mass is 240 g/mol. The normalized spacial score (nSPS) is 7.22. The van der Waals surface area contributed by atoms with Crippen molar-refractivity contribution in [2.24, 2.45) is 0 Å². The molecule has 0 heterocycles. The summed E-state index contributed by atoms with van der Waals surface area (Å²) in [5, 5.41) is 27.5. The van der Waals surface area contributed by atoms with Gasteiger partial charge < -0.3 is 10.2 Å². The fraction of sp³-hybridized carbons (Fsp3) is 0. The third-order valence-electron chi connectivity index (χ3n) is 1.88. The zero-order valence-corrected chi connectivity index (χ0v) is 9.56. The topological polar surface area (TPSA) is 88.0 Å². The standard InChI is InChI=1S/C12H10.2CHNO/c1-3-7-11(8-4-1)12-9-5-2-6-10-12;2*2-1-3/h1-10H;2*3H. The summed E-state index contributed by atoms with van der Waals surface area (Å²) in [6.07, 6.45) is 1.50. The van der Waals surface area contributed by atoms with Gasteiger partial charge in [0.15, 0.2) is 0 Å². The highest BCUT2D eigenvalue weighted by Crippen LogP contribution is 2.17. The van der Waals surface area contributed by atoms with E-state index in [1.165, 1.54) is 11.1 Å². The summed E-state index contributed by atoms with van der Waals surface area (Å²) < 4.78 is 0. The fourth-order valence-corrected chi connectivity index (χ4v) is 1.26. The van der Waals surface area contributed by atoms with Crippen LogP contribution >= 0.6 is 0 Å². The molecule has 18 heavy (non-hydrogen) atoms. The average Bonchev–Trinajstić information content (AvgIpc) is 2.43. The molecule has 2 aromatic carbocycles. The van der Waals surface area contributed by atoms with Crippen molar-refractivity contribution in [2.45, 2.75) is 0 Å². The minimum Gasteiger partial charge on any atom is -0.443 e. The lowest BCUT2D eigenvalue weighted by Gasteiger charge is -1.98. The van der Waals surface area contributed by atoms with E-state index in [1.54, 1.807) is 0 Å². The summed E-state index contributed by atoms with van der Waals surface area (Å²) in [4.78, 5) is 0. The molecule has 0 saturated carbocycles. The first kappa shape index (κ1) is 15.0. The third-order valence-corrected chi connectivity index (χ3v) is 1.88.